The lowest BCUT2D eigenvalue weighted by molar-refractivity contribution is 0.252. The van der Waals surface area contributed by atoms with E-state index in [2.05, 4.69) is 13.8 Å². The second-order valence-corrected chi connectivity index (χ2v) is 8.12. The van der Waals surface area contributed by atoms with E-state index < -0.39 is 5.82 Å². The normalized spacial score (nSPS) is 22.0. The van der Waals surface area contributed by atoms with E-state index in [9.17, 15) is 0 Å². The van der Waals surface area contributed by atoms with Crippen molar-refractivity contribution in [2.45, 2.75) is 78.1 Å². The number of rotatable bonds is 8. The van der Waals surface area contributed by atoms with Gasteiger partial charge in [0.05, 0.1) is 5.48 Å². The van der Waals surface area contributed by atoms with Gasteiger partial charge in [-0.1, -0.05) is 95.1 Å². The number of aryl methyl sites for hydroxylation is 1. The van der Waals surface area contributed by atoms with E-state index in [1.165, 1.54) is 38.5 Å². The zero-order valence-corrected chi connectivity index (χ0v) is 16.8. The summed E-state index contributed by atoms with van der Waals surface area (Å²) >= 11 is 0. The Kier molecular flexibility index (Phi) is 5.71. The van der Waals surface area contributed by atoms with Gasteiger partial charge in [-0.3, -0.25) is 0 Å². The van der Waals surface area contributed by atoms with Crippen LogP contribution in [0.2, 0.25) is 0 Å². The minimum Gasteiger partial charge on any atom is -0.206 e. The lowest BCUT2D eigenvalue weighted by atomic mass is 9.78. The smallest absolute Gasteiger partial charge is 0.131 e. The van der Waals surface area contributed by atoms with Crippen molar-refractivity contribution >= 4 is 0 Å². The van der Waals surface area contributed by atoms with Gasteiger partial charge in [-0.15, -0.1) is 0 Å². The van der Waals surface area contributed by atoms with Crippen molar-refractivity contribution in [3.63, 3.8) is 0 Å². The first-order valence-electron chi connectivity index (χ1n) is 12.7. The fourth-order valence-corrected chi connectivity index (χ4v) is 4.35. The van der Waals surface area contributed by atoms with Crippen molar-refractivity contribution in [1.29, 1.82) is 0 Å². The van der Waals surface area contributed by atoms with E-state index >= 15 is 4.39 Å². The van der Waals surface area contributed by atoms with Crippen LogP contribution in [0.4, 0.5) is 4.39 Å². The standard InChI is InChI=1S/C26H35F/c1-3-5-20-7-9-22(10-8-20)11-12-23-15-18-25(26(27)19-23)24-16-13-21(6-4-2)14-17-24/h13-20,22H,3-12H2,1-2H3/i15D,16D,18D,19D. The van der Waals surface area contributed by atoms with Crippen LogP contribution >= 0.6 is 0 Å². The maximum absolute atomic E-state index is 15.2. The van der Waals surface area contributed by atoms with Crippen molar-refractivity contribution in [3.8, 4) is 11.1 Å². The number of hydrogen-bond acceptors (Lipinski definition) is 0. The van der Waals surface area contributed by atoms with Crippen LogP contribution in [-0.2, 0) is 12.8 Å². The third-order valence-electron chi connectivity index (χ3n) is 5.97. The monoisotopic (exact) mass is 370 g/mol. The Morgan fingerprint density at radius 1 is 0.852 bits per heavy atom. The van der Waals surface area contributed by atoms with Crippen LogP contribution in [0, 0.1) is 17.7 Å². The molecule has 0 spiro atoms. The maximum atomic E-state index is 15.2. The second-order valence-electron chi connectivity index (χ2n) is 8.12. The molecule has 1 heteroatoms. The van der Waals surface area contributed by atoms with Gasteiger partial charge in [0.25, 0.3) is 0 Å². The van der Waals surface area contributed by atoms with E-state index in [1.807, 2.05) is 6.07 Å². The largest absolute Gasteiger partial charge is 0.206 e. The van der Waals surface area contributed by atoms with Gasteiger partial charge in [0, 0.05) is 5.56 Å². The Hall–Kier alpha value is -1.63. The lowest BCUT2D eigenvalue weighted by Crippen LogP contribution is -2.15. The molecule has 0 radical (unpaired) electrons. The van der Waals surface area contributed by atoms with E-state index in [1.54, 1.807) is 12.1 Å². The summed E-state index contributed by atoms with van der Waals surface area (Å²) in [7, 11) is 0. The Morgan fingerprint density at radius 3 is 2.26 bits per heavy atom. The minimum absolute atomic E-state index is 0.0573. The van der Waals surface area contributed by atoms with Crippen LogP contribution in [0.5, 0.6) is 0 Å². The van der Waals surface area contributed by atoms with Crippen LogP contribution in [0.25, 0.3) is 11.1 Å². The predicted octanol–water partition coefficient (Wildman–Crippen LogP) is 7.98. The van der Waals surface area contributed by atoms with Crippen LogP contribution in [0.15, 0.2) is 42.4 Å². The fourth-order valence-electron chi connectivity index (χ4n) is 4.35. The molecule has 0 atom stereocenters. The summed E-state index contributed by atoms with van der Waals surface area (Å²) in [6.07, 6.45) is 10.5. The first-order chi connectivity index (χ1) is 14.9. The predicted molar refractivity (Wildman–Crippen MR) is 115 cm³/mol. The highest BCUT2D eigenvalue weighted by Gasteiger charge is 2.20. The summed E-state index contributed by atoms with van der Waals surface area (Å²) in [5.41, 5.74) is 1.57. The van der Waals surface area contributed by atoms with Crippen molar-refractivity contribution in [2.24, 2.45) is 11.8 Å². The highest BCUT2D eigenvalue weighted by atomic mass is 19.1. The van der Waals surface area contributed by atoms with E-state index in [4.69, 9.17) is 5.48 Å². The first kappa shape index (κ1) is 15.3. The van der Waals surface area contributed by atoms with Gasteiger partial charge in [-0.2, -0.15) is 0 Å². The third-order valence-corrected chi connectivity index (χ3v) is 5.97. The Morgan fingerprint density at radius 2 is 1.59 bits per heavy atom. The second kappa shape index (κ2) is 10.1. The summed E-state index contributed by atoms with van der Waals surface area (Å²) in [6, 6.07) is 4.84. The maximum Gasteiger partial charge on any atom is 0.131 e. The zero-order valence-electron chi connectivity index (χ0n) is 20.8. The van der Waals surface area contributed by atoms with Gasteiger partial charge < -0.3 is 0 Å². The van der Waals surface area contributed by atoms with Crippen LogP contribution in [0.1, 0.15) is 81.8 Å². The molecule has 0 N–H and O–H groups in total. The molecule has 0 aromatic heterocycles. The van der Waals surface area contributed by atoms with Crippen molar-refractivity contribution in [3.05, 3.63) is 59.3 Å². The van der Waals surface area contributed by atoms with Crippen molar-refractivity contribution in [2.75, 3.05) is 0 Å². The van der Waals surface area contributed by atoms with Gasteiger partial charge >= 0.3 is 0 Å². The molecule has 2 aromatic rings. The number of hydrogen-bond donors (Lipinski definition) is 0. The molecule has 0 heterocycles. The first-order valence-corrected chi connectivity index (χ1v) is 10.7. The number of halogens is 1. The van der Waals surface area contributed by atoms with Gasteiger partial charge in [-0.25, -0.2) is 4.39 Å². The Balaban J connectivity index is 1.81. The minimum atomic E-state index is -0.764. The quantitative estimate of drug-likeness (QED) is 0.442. The highest BCUT2D eigenvalue weighted by Crippen LogP contribution is 2.34. The Labute approximate surface area is 170 Å². The summed E-state index contributed by atoms with van der Waals surface area (Å²) in [6.45, 7) is 4.30. The third kappa shape index (κ3) is 5.67. The van der Waals surface area contributed by atoms with Crippen molar-refractivity contribution in [1.82, 2.24) is 0 Å². The molecule has 1 aliphatic carbocycles. The summed E-state index contributed by atoms with van der Waals surface area (Å²) in [4.78, 5) is 0. The van der Waals surface area contributed by atoms with Gasteiger partial charge in [0.2, 0.25) is 0 Å². The fraction of sp³-hybridized carbons (Fsp3) is 0.538. The molecule has 2 aromatic carbocycles. The van der Waals surface area contributed by atoms with E-state index in [0.29, 0.717) is 23.5 Å². The molecule has 1 fully saturated rings. The van der Waals surface area contributed by atoms with Crippen LogP contribution in [-0.4, -0.2) is 0 Å². The molecule has 27 heavy (non-hydrogen) atoms. The van der Waals surface area contributed by atoms with Crippen molar-refractivity contribution < 1.29 is 9.87 Å². The summed E-state index contributed by atoms with van der Waals surface area (Å²) < 4.78 is 48.8. The van der Waals surface area contributed by atoms with E-state index in [0.717, 1.165) is 30.7 Å². The lowest BCUT2D eigenvalue weighted by Gasteiger charge is -2.28. The molecule has 0 saturated heterocycles. The molecule has 0 amide bonds. The van der Waals surface area contributed by atoms with Crippen LogP contribution in [0.3, 0.4) is 0 Å². The molecule has 1 aliphatic rings. The average Bonchev–Trinajstić information content (AvgIpc) is 2.75. The topological polar surface area (TPSA) is 0 Å². The number of benzene rings is 2. The molecule has 0 unspecified atom stereocenters. The van der Waals surface area contributed by atoms with Gasteiger partial charge in [0.15, 0.2) is 0 Å². The summed E-state index contributed by atoms with van der Waals surface area (Å²) in [5.74, 6) is 0.633. The molecular formula is C26H35F. The molecule has 0 bridgehead atoms. The van der Waals surface area contributed by atoms with Crippen LogP contribution < -0.4 is 0 Å². The molecule has 1 saturated carbocycles. The van der Waals surface area contributed by atoms with Gasteiger partial charge in [0.1, 0.15) is 5.82 Å². The molecule has 0 aliphatic heterocycles. The summed E-state index contributed by atoms with van der Waals surface area (Å²) in [5, 5.41) is 0. The Bertz CT molecular complexity index is 872. The zero-order chi connectivity index (χ0) is 22.5. The molecule has 0 nitrogen and oxygen atoms in total. The molecule has 146 valence electrons. The SMILES string of the molecule is [2H]c1cc(CCC)ccc1-c1c([2H])c([2H])c(CCC2CCC(CCC)CC2)c([2H])c1F. The molecule has 3 rings (SSSR count). The van der Waals surface area contributed by atoms with E-state index in [-0.39, 0.29) is 29.7 Å². The highest BCUT2D eigenvalue weighted by molar-refractivity contribution is 5.64. The molecular weight excluding hydrogens is 331 g/mol. The van der Waals surface area contributed by atoms with Gasteiger partial charge in [-0.05, 0) is 53.8 Å². The average molecular weight is 371 g/mol.